The van der Waals surface area contributed by atoms with Crippen molar-refractivity contribution in [2.75, 3.05) is 0 Å². The maximum absolute atomic E-state index is 12.9. The maximum atomic E-state index is 12.9. The van der Waals surface area contributed by atoms with E-state index in [2.05, 4.69) is 4.98 Å². The molecule has 0 amide bonds. The van der Waals surface area contributed by atoms with Crippen LogP contribution in [0.1, 0.15) is 5.89 Å². The molecule has 0 aliphatic carbocycles. The van der Waals surface area contributed by atoms with Crippen LogP contribution in [0.3, 0.4) is 0 Å². The number of benzene rings is 1. The molecule has 0 saturated carbocycles. The number of nitrogens with zero attached hydrogens (tertiary/aromatic N) is 2. The lowest BCUT2D eigenvalue weighted by Crippen LogP contribution is -1.72. The van der Waals surface area contributed by atoms with Crippen LogP contribution in [0.5, 0.6) is 0 Å². The van der Waals surface area contributed by atoms with E-state index in [0.29, 0.717) is 5.52 Å². The third-order valence-corrected chi connectivity index (χ3v) is 1.46. The van der Waals surface area contributed by atoms with Crippen LogP contribution in [0.15, 0.2) is 22.6 Å². The van der Waals surface area contributed by atoms with Crippen LogP contribution in [-0.2, 0) is 0 Å². The van der Waals surface area contributed by atoms with E-state index in [-0.39, 0.29) is 11.5 Å². The molecule has 1 aromatic heterocycles. The van der Waals surface area contributed by atoms with Gasteiger partial charge < -0.3 is 4.42 Å². The summed E-state index contributed by atoms with van der Waals surface area (Å²) in [6.07, 6.45) is 0. The highest BCUT2D eigenvalue weighted by molar-refractivity contribution is 5.73. The molecular formula is C8H3FN2O. The van der Waals surface area contributed by atoms with Crippen LogP contribution in [0.2, 0.25) is 0 Å². The molecule has 0 saturated heterocycles. The summed E-state index contributed by atoms with van der Waals surface area (Å²) in [5, 5.41) is 8.40. The summed E-state index contributed by atoms with van der Waals surface area (Å²) in [7, 11) is 0. The lowest BCUT2D eigenvalue weighted by Gasteiger charge is -1.85. The largest absolute Gasteiger partial charge is 0.425 e. The highest BCUT2D eigenvalue weighted by atomic mass is 19.1. The fourth-order valence-corrected chi connectivity index (χ4v) is 0.963. The molecule has 2 rings (SSSR count). The minimum absolute atomic E-state index is 0.0362. The fraction of sp³-hybridized carbons (Fsp3) is 0. The second-order valence-electron chi connectivity index (χ2n) is 2.22. The lowest BCUT2D eigenvalue weighted by atomic mass is 10.3. The molecule has 0 unspecified atom stereocenters. The van der Waals surface area contributed by atoms with Crippen molar-refractivity contribution in [1.29, 1.82) is 5.26 Å². The molecule has 12 heavy (non-hydrogen) atoms. The summed E-state index contributed by atoms with van der Waals surface area (Å²) in [5.41, 5.74) is 0.403. The first kappa shape index (κ1) is 6.80. The number of para-hydroxylation sites is 1. The van der Waals surface area contributed by atoms with E-state index in [4.69, 9.17) is 9.68 Å². The average Bonchev–Trinajstić information content (AvgIpc) is 2.49. The molecule has 0 radical (unpaired) electrons. The van der Waals surface area contributed by atoms with Crippen molar-refractivity contribution in [3.05, 3.63) is 29.9 Å². The number of halogens is 1. The molecule has 0 N–H and O–H groups in total. The molecule has 2 aromatic rings. The van der Waals surface area contributed by atoms with Gasteiger partial charge in [-0.1, -0.05) is 6.07 Å². The minimum Gasteiger partial charge on any atom is -0.425 e. The van der Waals surface area contributed by atoms with Crippen molar-refractivity contribution in [2.45, 2.75) is 0 Å². The number of aromatic nitrogens is 1. The van der Waals surface area contributed by atoms with Crippen molar-refractivity contribution >= 4 is 11.1 Å². The van der Waals surface area contributed by atoms with E-state index in [1.54, 1.807) is 12.1 Å². The van der Waals surface area contributed by atoms with E-state index in [9.17, 15) is 4.39 Å². The molecule has 58 valence electrons. The van der Waals surface area contributed by atoms with Gasteiger partial charge >= 0.3 is 5.89 Å². The van der Waals surface area contributed by atoms with Gasteiger partial charge in [-0.15, -0.1) is 0 Å². The Labute approximate surface area is 67.1 Å². The van der Waals surface area contributed by atoms with E-state index in [0.717, 1.165) is 0 Å². The molecule has 1 heterocycles. The Morgan fingerprint density at radius 2 is 2.33 bits per heavy atom. The van der Waals surface area contributed by atoms with Gasteiger partial charge in [0.2, 0.25) is 0 Å². The molecule has 3 nitrogen and oxygen atoms in total. The average molecular weight is 162 g/mol. The van der Waals surface area contributed by atoms with Crippen molar-refractivity contribution in [2.24, 2.45) is 0 Å². The molecule has 0 fully saturated rings. The first-order chi connectivity index (χ1) is 5.81. The van der Waals surface area contributed by atoms with Gasteiger partial charge in [-0.25, -0.2) is 4.39 Å². The van der Waals surface area contributed by atoms with Crippen molar-refractivity contribution in [3.63, 3.8) is 0 Å². The number of oxazole rings is 1. The van der Waals surface area contributed by atoms with Gasteiger partial charge in [0.05, 0.1) is 0 Å². The van der Waals surface area contributed by atoms with Gasteiger partial charge in [0, 0.05) is 0 Å². The number of hydrogen-bond acceptors (Lipinski definition) is 3. The Balaban J connectivity index is 2.85. The molecule has 1 aromatic carbocycles. The van der Waals surface area contributed by atoms with Gasteiger partial charge in [-0.2, -0.15) is 10.2 Å². The topological polar surface area (TPSA) is 49.8 Å². The standard InChI is InChI=1S/C8H3FN2O/c9-5-2-1-3-6-8(5)12-7(4-10)11-6/h1-3H. The molecular weight excluding hydrogens is 159 g/mol. The molecule has 0 atom stereocenters. The Hall–Kier alpha value is -1.89. The highest BCUT2D eigenvalue weighted by Gasteiger charge is 2.07. The summed E-state index contributed by atoms with van der Waals surface area (Å²) in [6, 6.07) is 6.06. The predicted molar refractivity (Wildman–Crippen MR) is 38.7 cm³/mol. The molecule has 0 spiro atoms. The summed E-state index contributed by atoms with van der Waals surface area (Å²) >= 11 is 0. The smallest absolute Gasteiger partial charge is 0.301 e. The van der Waals surface area contributed by atoms with E-state index in [1.807, 2.05) is 0 Å². The van der Waals surface area contributed by atoms with Crippen LogP contribution >= 0.6 is 0 Å². The van der Waals surface area contributed by atoms with Gasteiger partial charge in [0.25, 0.3) is 0 Å². The monoisotopic (exact) mass is 162 g/mol. The second-order valence-corrected chi connectivity index (χ2v) is 2.22. The molecule has 4 heteroatoms. The molecule has 0 aliphatic rings. The number of rotatable bonds is 0. The van der Waals surface area contributed by atoms with Gasteiger partial charge in [0.1, 0.15) is 5.52 Å². The van der Waals surface area contributed by atoms with Crippen LogP contribution in [0.25, 0.3) is 11.1 Å². The fourth-order valence-electron chi connectivity index (χ4n) is 0.963. The van der Waals surface area contributed by atoms with Crippen molar-refractivity contribution < 1.29 is 8.81 Å². The van der Waals surface area contributed by atoms with Gasteiger partial charge in [-0.05, 0) is 12.1 Å². The summed E-state index contributed by atoms with van der Waals surface area (Å²) in [5.74, 6) is -0.614. The Morgan fingerprint density at radius 3 is 3.00 bits per heavy atom. The Bertz CT molecular complexity index is 469. The van der Waals surface area contributed by atoms with Crippen molar-refractivity contribution in [1.82, 2.24) is 4.98 Å². The lowest BCUT2D eigenvalue weighted by molar-refractivity contribution is 0.543. The predicted octanol–water partition coefficient (Wildman–Crippen LogP) is 1.84. The zero-order valence-electron chi connectivity index (χ0n) is 5.91. The number of hydrogen-bond donors (Lipinski definition) is 0. The SMILES string of the molecule is N#Cc1nc2cccc(F)c2o1. The van der Waals surface area contributed by atoms with Gasteiger partial charge in [-0.3, -0.25) is 0 Å². The second kappa shape index (κ2) is 2.31. The van der Waals surface area contributed by atoms with E-state index in [1.165, 1.54) is 12.1 Å². The van der Waals surface area contributed by atoms with Gasteiger partial charge in [0.15, 0.2) is 17.5 Å². The zero-order valence-corrected chi connectivity index (χ0v) is 5.91. The summed E-state index contributed by atoms with van der Waals surface area (Å²) in [4.78, 5) is 3.72. The Kier molecular flexibility index (Phi) is 1.31. The summed E-state index contributed by atoms with van der Waals surface area (Å²) < 4.78 is 17.7. The van der Waals surface area contributed by atoms with Crippen molar-refractivity contribution in [3.8, 4) is 6.07 Å². The normalized spacial score (nSPS) is 10.0. The highest BCUT2D eigenvalue weighted by Crippen LogP contribution is 2.17. The van der Waals surface area contributed by atoms with Crippen LogP contribution in [-0.4, -0.2) is 4.98 Å². The molecule has 0 bridgehead atoms. The zero-order chi connectivity index (χ0) is 8.55. The Morgan fingerprint density at radius 1 is 1.50 bits per heavy atom. The number of fused-ring (bicyclic) bond motifs is 1. The van der Waals surface area contributed by atoms with Crippen LogP contribution in [0, 0.1) is 17.1 Å². The summed E-state index contributed by atoms with van der Waals surface area (Å²) in [6.45, 7) is 0. The third kappa shape index (κ3) is 0.839. The first-order valence-electron chi connectivity index (χ1n) is 3.26. The minimum atomic E-state index is -0.499. The maximum Gasteiger partial charge on any atom is 0.301 e. The van der Waals surface area contributed by atoms with E-state index < -0.39 is 5.82 Å². The van der Waals surface area contributed by atoms with Crippen LogP contribution in [0.4, 0.5) is 4.39 Å². The van der Waals surface area contributed by atoms with E-state index >= 15 is 0 Å². The first-order valence-corrected chi connectivity index (χ1v) is 3.26. The molecule has 0 aliphatic heterocycles. The third-order valence-electron chi connectivity index (χ3n) is 1.46. The number of nitriles is 1. The van der Waals surface area contributed by atoms with Crippen LogP contribution < -0.4 is 0 Å². The quantitative estimate of drug-likeness (QED) is 0.593.